The van der Waals surface area contributed by atoms with Crippen LogP contribution in [0, 0.1) is 5.82 Å². The van der Waals surface area contributed by atoms with Crippen LogP contribution in [-0.4, -0.2) is 22.6 Å². The molecule has 6 heteroatoms. The number of benzene rings is 2. The van der Waals surface area contributed by atoms with Gasteiger partial charge in [0, 0.05) is 12.6 Å². The van der Waals surface area contributed by atoms with Crippen molar-refractivity contribution >= 4 is 11.7 Å². The molecule has 0 aliphatic carbocycles. The lowest BCUT2D eigenvalue weighted by Gasteiger charge is -2.11. The Morgan fingerprint density at radius 2 is 1.88 bits per heavy atom. The normalized spacial score (nSPS) is 10.5. The zero-order valence-electron chi connectivity index (χ0n) is 13.3. The number of carbonyl (C=O) groups excluding carboxylic acids is 1. The first-order chi connectivity index (χ1) is 11.6. The Hall–Kier alpha value is -3.15. The number of nitrogens with zero attached hydrogens (tertiary/aromatic N) is 2. The van der Waals surface area contributed by atoms with Gasteiger partial charge in [-0.3, -0.25) is 4.79 Å². The Kier molecular flexibility index (Phi) is 4.29. The molecule has 1 N–H and O–H groups in total. The van der Waals surface area contributed by atoms with Crippen molar-refractivity contribution in [3.63, 3.8) is 0 Å². The van der Waals surface area contributed by atoms with Crippen molar-refractivity contribution in [2.45, 2.75) is 0 Å². The van der Waals surface area contributed by atoms with E-state index < -0.39 is 0 Å². The Morgan fingerprint density at radius 1 is 1.17 bits per heavy atom. The Labute approximate surface area is 138 Å². The number of hydrogen-bond donors (Lipinski definition) is 1. The molecule has 0 fully saturated rings. The van der Waals surface area contributed by atoms with Gasteiger partial charge in [-0.05, 0) is 36.4 Å². The van der Waals surface area contributed by atoms with E-state index in [0.29, 0.717) is 28.4 Å². The standard InChI is InChI=1S/C18H16FN3O2/c1-22-11-20-16(12-7-9-13(19)10-8-12)17(22)21-18(23)14-5-3-4-6-15(14)24-2/h3-11H,1-2H3,(H,21,23). The highest BCUT2D eigenvalue weighted by Gasteiger charge is 2.17. The van der Waals surface area contributed by atoms with Crippen molar-refractivity contribution in [3.8, 4) is 17.0 Å². The highest BCUT2D eigenvalue weighted by atomic mass is 19.1. The SMILES string of the molecule is COc1ccccc1C(=O)Nc1c(-c2ccc(F)cc2)ncn1C. The molecule has 5 nitrogen and oxygen atoms in total. The number of aryl methyl sites for hydroxylation is 1. The predicted molar refractivity (Wildman–Crippen MR) is 89.5 cm³/mol. The number of para-hydroxylation sites is 1. The minimum absolute atomic E-state index is 0.306. The monoisotopic (exact) mass is 325 g/mol. The fourth-order valence-electron chi connectivity index (χ4n) is 2.40. The molecule has 3 aromatic rings. The third-order valence-corrected chi connectivity index (χ3v) is 3.64. The second-order valence-corrected chi connectivity index (χ2v) is 5.21. The maximum atomic E-state index is 13.1. The summed E-state index contributed by atoms with van der Waals surface area (Å²) >= 11 is 0. The zero-order valence-corrected chi connectivity index (χ0v) is 13.3. The van der Waals surface area contributed by atoms with Crippen molar-refractivity contribution in [1.29, 1.82) is 0 Å². The summed E-state index contributed by atoms with van der Waals surface area (Å²) in [6.45, 7) is 0. The average molecular weight is 325 g/mol. The van der Waals surface area contributed by atoms with E-state index in [1.54, 1.807) is 54.3 Å². The van der Waals surface area contributed by atoms with Crippen LogP contribution >= 0.6 is 0 Å². The molecule has 0 spiro atoms. The molecule has 0 aliphatic rings. The zero-order chi connectivity index (χ0) is 17.1. The molecule has 0 bridgehead atoms. The molecule has 2 aromatic carbocycles. The van der Waals surface area contributed by atoms with Gasteiger partial charge in [0.15, 0.2) is 0 Å². The Bertz CT molecular complexity index is 872. The van der Waals surface area contributed by atoms with Crippen molar-refractivity contribution in [3.05, 3.63) is 66.2 Å². The number of anilines is 1. The highest BCUT2D eigenvalue weighted by Crippen LogP contribution is 2.27. The van der Waals surface area contributed by atoms with E-state index in [9.17, 15) is 9.18 Å². The largest absolute Gasteiger partial charge is 0.496 e. The molecule has 1 heterocycles. The summed E-state index contributed by atoms with van der Waals surface area (Å²) in [6, 6.07) is 12.9. The van der Waals surface area contributed by atoms with Crippen LogP contribution in [0.4, 0.5) is 10.2 Å². The summed E-state index contributed by atoms with van der Waals surface area (Å²) in [5.41, 5.74) is 1.71. The second-order valence-electron chi connectivity index (χ2n) is 5.21. The van der Waals surface area contributed by atoms with E-state index in [2.05, 4.69) is 10.3 Å². The van der Waals surface area contributed by atoms with E-state index in [0.717, 1.165) is 0 Å². The minimum Gasteiger partial charge on any atom is -0.496 e. The van der Waals surface area contributed by atoms with Gasteiger partial charge in [-0.2, -0.15) is 0 Å². The first-order valence-electron chi connectivity index (χ1n) is 7.32. The molecule has 1 aromatic heterocycles. The molecule has 0 radical (unpaired) electrons. The Morgan fingerprint density at radius 3 is 2.58 bits per heavy atom. The molecule has 122 valence electrons. The number of methoxy groups -OCH3 is 1. The number of imidazole rings is 1. The van der Waals surface area contributed by atoms with Crippen molar-refractivity contribution < 1.29 is 13.9 Å². The van der Waals surface area contributed by atoms with Crippen LogP contribution in [0.3, 0.4) is 0 Å². The van der Waals surface area contributed by atoms with Gasteiger partial charge in [0.25, 0.3) is 5.91 Å². The third-order valence-electron chi connectivity index (χ3n) is 3.64. The van der Waals surface area contributed by atoms with E-state index >= 15 is 0 Å². The third kappa shape index (κ3) is 2.99. The topological polar surface area (TPSA) is 56.1 Å². The van der Waals surface area contributed by atoms with Gasteiger partial charge in [0.2, 0.25) is 0 Å². The summed E-state index contributed by atoms with van der Waals surface area (Å²) in [5, 5.41) is 2.85. The average Bonchev–Trinajstić information content (AvgIpc) is 2.96. The summed E-state index contributed by atoms with van der Waals surface area (Å²) in [6.07, 6.45) is 1.59. The smallest absolute Gasteiger partial charge is 0.260 e. The van der Waals surface area contributed by atoms with Gasteiger partial charge >= 0.3 is 0 Å². The summed E-state index contributed by atoms with van der Waals surface area (Å²) in [7, 11) is 3.29. The van der Waals surface area contributed by atoms with Crippen LogP contribution in [0.15, 0.2) is 54.9 Å². The summed E-state index contributed by atoms with van der Waals surface area (Å²) in [5.74, 6) is 0.381. The molecule has 0 atom stereocenters. The van der Waals surface area contributed by atoms with Gasteiger partial charge < -0.3 is 14.6 Å². The van der Waals surface area contributed by atoms with Gasteiger partial charge in [-0.25, -0.2) is 9.37 Å². The first-order valence-corrected chi connectivity index (χ1v) is 7.32. The van der Waals surface area contributed by atoms with E-state index in [1.807, 2.05) is 0 Å². The molecule has 0 saturated carbocycles. The highest BCUT2D eigenvalue weighted by molar-refractivity contribution is 6.07. The van der Waals surface area contributed by atoms with Gasteiger partial charge in [0.05, 0.1) is 19.0 Å². The number of nitrogens with one attached hydrogen (secondary N) is 1. The maximum Gasteiger partial charge on any atom is 0.260 e. The number of carbonyl (C=O) groups is 1. The Balaban J connectivity index is 1.94. The lowest BCUT2D eigenvalue weighted by Crippen LogP contribution is -2.15. The summed E-state index contributed by atoms with van der Waals surface area (Å²) in [4.78, 5) is 16.9. The van der Waals surface area contributed by atoms with Crippen LogP contribution in [0.25, 0.3) is 11.3 Å². The number of amides is 1. The minimum atomic E-state index is -0.325. The fourth-order valence-corrected chi connectivity index (χ4v) is 2.40. The van der Waals surface area contributed by atoms with E-state index in [4.69, 9.17) is 4.74 Å². The molecule has 0 unspecified atom stereocenters. The van der Waals surface area contributed by atoms with Crippen LogP contribution < -0.4 is 10.1 Å². The quantitative estimate of drug-likeness (QED) is 0.799. The number of rotatable bonds is 4. The lowest BCUT2D eigenvalue weighted by atomic mass is 10.1. The fraction of sp³-hybridized carbons (Fsp3) is 0.111. The number of aromatic nitrogens is 2. The lowest BCUT2D eigenvalue weighted by molar-refractivity contribution is 0.102. The van der Waals surface area contributed by atoms with Crippen molar-refractivity contribution in [1.82, 2.24) is 9.55 Å². The van der Waals surface area contributed by atoms with Crippen LogP contribution in [-0.2, 0) is 7.05 Å². The van der Waals surface area contributed by atoms with Crippen LogP contribution in [0.5, 0.6) is 5.75 Å². The van der Waals surface area contributed by atoms with Gasteiger partial charge in [-0.1, -0.05) is 12.1 Å². The second kappa shape index (κ2) is 6.54. The number of ether oxygens (including phenoxy) is 1. The van der Waals surface area contributed by atoms with E-state index in [-0.39, 0.29) is 11.7 Å². The predicted octanol–water partition coefficient (Wildman–Crippen LogP) is 3.49. The number of halogens is 1. The molecule has 0 saturated heterocycles. The number of hydrogen-bond acceptors (Lipinski definition) is 3. The maximum absolute atomic E-state index is 13.1. The van der Waals surface area contributed by atoms with E-state index in [1.165, 1.54) is 19.2 Å². The molecule has 3 rings (SSSR count). The van der Waals surface area contributed by atoms with Crippen molar-refractivity contribution in [2.75, 3.05) is 12.4 Å². The van der Waals surface area contributed by atoms with Gasteiger partial charge in [0.1, 0.15) is 23.1 Å². The summed E-state index contributed by atoms with van der Waals surface area (Å²) < 4.78 is 20.0. The molecule has 0 aliphatic heterocycles. The molecule has 1 amide bonds. The molecular formula is C18H16FN3O2. The molecular weight excluding hydrogens is 309 g/mol. The first kappa shape index (κ1) is 15.7. The van der Waals surface area contributed by atoms with Crippen LogP contribution in [0.1, 0.15) is 10.4 Å². The molecule has 24 heavy (non-hydrogen) atoms. The van der Waals surface area contributed by atoms with Crippen LogP contribution in [0.2, 0.25) is 0 Å². The van der Waals surface area contributed by atoms with Crippen molar-refractivity contribution in [2.24, 2.45) is 7.05 Å². The van der Waals surface area contributed by atoms with Gasteiger partial charge in [-0.15, -0.1) is 0 Å².